The van der Waals surface area contributed by atoms with E-state index >= 15 is 0 Å². The van der Waals surface area contributed by atoms with Gasteiger partial charge in [-0.1, -0.05) is 5.57 Å². The van der Waals surface area contributed by atoms with Gasteiger partial charge in [-0.05, 0) is 38.5 Å². The number of hydrogen-bond acceptors (Lipinski definition) is 2. The molecule has 3 heteroatoms. The Morgan fingerprint density at radius 2 is 2.13 bits per heavy atom. The van der Waals surface area contributed by atoms with Crippen LogP contribution in [-0.4, -0.2) is 0 Å². The Kier molecular flexibility index (Phi) is 3.15. The van der Waals surface area contributed by atoms with Gasteiger partial charge < -0.3 is 11.5 Å². The fourth-order valence-electron chi connectivity index (χ4n) is 1.70. The van der Waals surface area contributed by atoms with Crippen LogP contribution in [0, 0.1) is 5.82 Å². The molecule has 0 aliphatic rings. The molecule has 1 atom stereocenters. The number of halogens is 1. The summed E-state index contributed by atoms with van der Waals surface area (Å²) in [6.45, 7) is 7.43. The average Bonchev–Trinajstić information content (AvgIpc) is 2.06. The second-order valence-corrected chi connectivity index (χ2v) is 4.29. The van der Waals surface area contributed by atoms with Gasteiger partial charge in [0, 0.05) is 16.8 Å². The molecule has 1 aromatic carbocycles. The molecule has 0 heterocycles. The van der Waals surface area contributed by atoms with E-state index in [1.807, 2.05) is 6.92 Å². The van der Waals surface area contributed by atoms with Crippen LogP contribution in [0.3, 0.4) is 0 Å². The molecule has 0 aliphatic heterocycles. The number of nitrogen functional groups attached to an aromatic ring is 1. The topological polar surface area (TPSA) is 52.0 Å². The van der Waals surface area contributed by atoms with Crippen LogP contribution in [0.25, 0.3) is 0 Å². The molecule has 0 saturated carbocycles. The molecule has 1 aromatic rings. The van der Waals surface area contributed by atoms with Gasteiger partial charge in [-0.2, -0.15) is 0 Å². The first-order chi connectivity index (χ1) is 6.83. The third-order valence-corrected chi connectivity index (χ3v) is 2.27. The largest absolute Gasteiger partial charge is 0.399 e. The highest BCUT2D eigenvalue weighted by Gasteiger charge is 2.24. The SMILES string of the molecule is C=C(C)C[C@](C)(N)c1cc(N)ccc1F. The lowest BCUT2D eigenvalue weighted by Crippen LogP contribution is -2.34. The number of rotatable bonds is 3. The van der Waals surface area contributed by atoms with E-state index in [1.54, 1.807) is 13.0 Å². The van der Waals surface area contributed by atoms with Crippen molar-refractivity contribution < 1.29 is 4.39 Å². The van der Waals surface area contributed by atoms with Gasteiger partial charge in [-0.25, -0.2) is 4.39 Å². The Labute approximate surface area is 89.8 Å². The molecule has 82 valence electrons. The summed E-state index contributed by atoms with van der Waals surface area (Å²) >= 11 is 0. The minimum Gasteiger partial charge on any atom is -0.399 e. The summed E-state index contributed by atoms with van der Waals surface area (Å²) in [6.07, 6.45) is 0.535. The first-order valence-electron chi connectivity index (χ1n) is 4.82. The van der Waals surface area contributed by atoms with Gasteiger partial charge in [0.1, 0.15) is 5.82 Å². The van der Waals surface area contributed by atoms with Gasteiger partial charge in [0.15, 0.2) is 0 Å². The van der Waals surface area contributed by atoms with Crippen LogP contribution in [0.5, 0.6) is 0 Å². The molecule has 0 aliphatic carbocycles. The molecule has 1 rings (SSSR count). The summed E-state index contributed by atoms with van der Waals surface area (Å²) in [5, 5.41) is 0. The summed E-state index contributed by atoms with van der Waals surface area (Å²) in [4.78, 5) is 0. The minimum absolute atomic E-state index is 0.324. The summed E-state index contributed by atoms with van der Waals surface area (Å²) in [5.41, 5.74) is 12.8. The zero-order valence-corrected chi connectivity index (χ0v) is 9.18. The van der Waals surface area contributed by atoms with E-state index in [-0.39, 0.29) is 5.82 Å². The van der Waals surface area contributed by atoms with Crippen LogP contribution in [0.4, 0.5) is 10.1 Å². The Morgan fingerprint density at radius 1 is 1.53 bits per heavy atom. The van der Waals surface area contributed by atoms with Gasteiger partial charge in [-0.15, -0.1) is 6.58 Å². The molecule has 0 aromatic heterocycles. The van der Waals surface area contributed by atoms with Gasteiger partial charge in [0.25, 0.3) is 0 Å². The lowest BCUT2D eigenvalue weighted by Gasteiger charge is -2.26. The van der Waals surface area contributed by atoms with E-state index in [0.29, 0.717) is 17.7 Å². The number of hydrogen-bond donors (Lipinski definition) is 2. The quantitative estimate of drug-likeness (QED) is 0.592. The highest BCUT2D eigenvalue weighted by atomic mass is 19.1. The van der Waals surface area contributed by atoms with Crippen molar-refractivity contribution in [2.45, 2.75) is 25.8 Å². The molecular formula is C12H17FN2. The van der Waals surface area contributed by atoms with Crippen molar-refractivity contribution in [2.75, 3.05) is 5.73 Å². The zero-order chi connectivity index (χ0) is 11.6. The first kappa shape index (κ1) is 11.7. The van der Waals surface area contributed by atoms with Crippen molar-refractivity contribution in [3.63, 3.8) is 0 Å². The summed E-state index contributed by atoms with van der Waals surface area (Å²) in [6, 6.07) is 4.45. The molecule has 0 radical (unpaired) electrons. The summed E-state index contributed by atoms with van der Waals surface area (Å²) in [5.74, 6) is -0.324. The average molecular weight is 208 g/mol. The van der Waals surface area contributed by atoms with Crippen molar-refractivity contribution in [1.29, 1.82) is 0 Å². The maximum Gasteiger partial charge on any atom is 0.128 e. The fraction of sp³-hybridized carbons (Fsp3) is 0.333. The molecular weight excluding hydrogens is 191 g/mol. The minimum atomic E-state index is -0.759. The molecule has 0 saturated heterocycles. The highest BCUT2D eigenvalue weighted by Crippen LogP contribution is 2.28. The van der Waals surface area contributed by atoms with Crippen LogP contribution in [0.1, 0.15) is 25.8 Å². The normalized spacial score (nSPS) is 14.7. The molecule has 0 unspecified atom stereocenters. The number of nitrogens with two attached hydrogens (primary N) is 2. The second-order valence-electron chi connectivity index (χ2n) is 4.29. The van der Waals surface area contributed by atoms with Gasteiger partial charge in [-0.3, -0.25) is 0 Å². The zero-order valence-electron chi connectivity index (χ0n) is 9.18. The van der Waals surface area contributed by atoms with E-state index in [1.165, 1.54) is 12.1 Å². The van der Waals surface area contributed by atoms with Crippen LogP contribution in [-0.2, 0) is 5.54 Å². The summed E-state index contributed by atoms with van der Waals surface area (Å²) in [7, 11) is 0. The molecule has 4 N–H and O–H groups in total. The highest BCUT2D eigenvalue weighted by molar-refractivity contribution is 5.44. The number of anilines is 1. The predicted octanol–water partition coefficient (Wildman–Crippen LogP) is 2.55. The standard InChI is InChI=1S/C12H17FN2/c1-8(2)7-12(3,15)10-6-9(14)4-5-11(10)13/h4-6H,1,7,14-15H2,2-3H3/t12-/m0/s1. The van der Waals surface area contributed by atoms with Crippen molar-refractivity contribution in [2.24, 2.45) is 5.73 Å². The van der Waals surface area contributed by atoms with E-state index in [4.69, 9.17) is 11.5 Å². The van der Waals surface area contributed by atoms with Gasteiger partial charge in [0.05, 0.1) is 0 Å². The van der Waals surface area contributed by atoms with Crippen molar-refractivity contribution >= 4 is 5.69 Å². The van der Waals surface area contributed by atoms with Crippen LogP contribution in [0.15, 0.2) is 30.4 Å². The van der Waals surface area contributed by atoms with Crippen molar-refractivity contribution in [3.8, 4) is 0 Å². The second kappa shape index (κ2) is 4.03. The predicted molar refractivity (Wildman–Crippen MR) is 61.8 cm³/mol. The maximum atomic E-state index is 13.6. The molecule has 0 amide bonds. The van der Waals surface area contributed by atoms with Crippen LogP contribution in [0.2, 0.25) is 0 Å². The monoisotopic (exact) mass is 208 g/mol. The van der Waals surface area contributed by atoms with E-state index in [0.717, 1.165) is 5.57 Å². The summed E-state index contributed by atoms with van der Waals surface area (Å²) < 4.78 is 13.6. The Balaban J connectivity index is 3.13. The Morgan fingerprint density at radius 3 is 2.67 bits per heavy atom. The lowest BCUT2D eigenvalue weighted by atomic mass is 9.86. The molecule has 2 nitrogen and oxygen atoms in total. The third-order valence-electron chi connectivity index (χ3n) is 2.27. The van der Waals surface area contributed by atoms with Crippen molar-refractivity contribution in [1.82, 2.24) is 0 Å². The first-order valence-corrected chi connectivity index (χ1v) is 4.82. The Hall–Kier alpha value is -1.35. The molecule has 0 spiro atoms. The Bertz CT molecular complexity index is 383. The van der Waals surface area contributed by atoms with Crippen molar-refractivity contribution in [3.05, 3.63) is 41.7 Å². The molecule has 0 fully saturated rings. The smallest absolute Gasteiger partial charge is 0.128 e. The van der Waals surface area contributed by atoms with Gasteiger partial charge in [0.2, 0.25) is 0 Å². The molecule has 15 heavy (non-hydrogen) atoms. The molecule has 0 bridgehead atoms. The van der Waals surface area contributed by atoms with Crippen LogP contribution >= 0.6 is 0 Å². The van der Waals surface area contributed by atoms with E-state index < -0.39 is 5.54 Å². The van der Waals surface area contributed by atoms with E-state index in [2.05, 4.69) is 6.58 Å². The third kappa shape index (κ3) is 2.80. The van der Waals surface area contributed by atoms with E-state index in [9.17, 15) is 4.39 Å². The van der Waals surface area contributed by atoms with Crippen LogP contribution < -0.4 is 11.5 Å². The van der Waals surface area contributed by atoms with Gasteiger partial charge >= 0.3 is 0 Å². The fourth-order valence-corrected chi connectivity index (χ4v) is 1.70. The lowest BCUT2D eigenvalue weighted by molar-refractivity contribution is 0.456. The number of benzene rings is 1. The maximum absolute atomic E-state index is 13.6.